The standard InChI is InChI=1S/C13H19NO3/c1-2-3-6-14-12(15)10-8-4-5-9(7-8)11(10)13(16)17/h4-5,8-11H,2-3,6-7H2,1H3,(H,14,15)(H,16,17)/p-1/t8-,9-,10-,11-/m0/s1. The Hall–Kier alpha value is -1.32. The van der Waals surface area contributed by atoms with E-state index in [-0.39, 0.29) is 17.7 Å². The predicted octanol–water partition coefficient (Wildman–Crippen LogP) is 0.0909. The number of allylic oxidation sites excluding steroid dienone is 2. The first-order chi connectivity index (χ1) is 8.15. The van der Waals surface area contributed by atoms with Crippen LogP contribution in [0, 0.1) is 23.7 Å². The molecule has 4 nitrogen and oxygen atoms in total. The molecule has 0 aliphatic heterocycles. The second kappa shape index (κ2) is 4.90. The molecule has 1 amide bonds. The van der Waals surface area contributed by atoms with E-state index in [9.17, 15) is 14.7 Å². The molecule has 4 atom stereocenters. The average molecular weight is 236 g/mol. The molecule has 0 aromatic heterocycles. The van der Waals surface area contributed by atoms with Crippen molar-refractivity contribution in [1.29, 1.82) is 0 Å². The van der Waals surface area contributed by atoms with Crippen molar-refractivity contribution in [1.82, 2.24) is 5.32 Å². The van der Waals surface area contributed by atoms with Gasteiger partial charge in [-0.3, -0.25) is 4.79 Å². The lowest BCUT2D eigenvalue weighted by Gasteiger charge is -2.27. The Bertz CT molecular complexity index is 351. The normalized spacial score (nSPS) is 33.9. The van der Waals surface area contributed by atoms with Gasteiger partial charge in [-0.25, -0.2) is 0 Å². The molecule has 2 bridgehead atoms. The molecular weight excluding hydrogens is 218 g/mol. The number of aliphatic carboxylic acids is 1. The van der Waals surface area contributed by atoms with E-state index in [1.807, 2.05) is 12.2 Å². The third-order valence-electron chi connectivity index (χ3n) is 3.86. The lowest BCUT2D eigenvalue weighted by molar-refractivity contribution is -0.313. The van der Waals surface area contributed by atoms with Crippen molar-refractivity contribution in [2.24, 2.45) is 23.7 Å². The first kappa shape index (κ1) is 12.1. The van der Waals surface area contributed by atoms with Gasteiger partial charge >= 0.3 is 0 Å². The van der Waals surface area contributed by atoms with Gasteiger partial charge in [0.15, 0.2) is 0 Å². The molecule has 0 heterocycles. The van der Waals surface area contributed by atoms with E-state index in [0.717, 1.165) is 19.3 Å². The van der Waals surface area contributed by atoms with E-state index in [2.05, 4.69) is 12.2 Å². The SMILES string of the molecule is CCCCNC(=O)[C@@H]1[C@@H](C(=O)[O-])[C@H]2C=C[C@H]1C2. The minimum atomic E-state index is -1.09. The fourth-order valence-electron chi connectivity index (χ4n) is 3.01. The van der Waals surface area contributed by atoms with Crippen molar-refractivity contribution in [2.75, 3.05) is 6.54 Å². The third kappa shape index (κ3) is 2.21. The van der Waals surface area contributed by atoms with Crippen LogP contribution in [-0.4, -0.2) is 18.4 Å². The van der Waals surface area contributed by atoms with Gasteiger partial charge in [0.25, 0.3) is 0 Å². The zero-order valence-corrected chi connectivity index (χ0v) is 10.0. The summed E-state index contributed by atoms with van der Waals surface area (Å²) in [5, 5.41) is 13.9. The van der Waals surface area contributed by atoms with Crippen molar-refractivity contribution in [2.45, 2.75) is 26.2 Å². The molecule has 2 aliphatic carbocycles. The van der Waals surface area contributed by atoms with E-state index in [0.29, 0.717) is 6.54 Å². The average Bonchev–Trinajstić information content (AvgIpc) is 2.88. The van der Waals surface area contributed by atoms with Crippen molar-refractivity contribution < 1.29 is 14.7 Å². The molecule has 4 heteroatoms. The van der Waals surface area contributed by atoms with E-state index >= 15 is 0 Å². The number of unbranched alkanes of at least 4 members (excludes halogenated alkanes) is 1. The molecule has 0 unspecified atom stereocenters. The number of rotatable bonds is 5. The summed E-state index contributed by atoms with van der Waals surface area (Å²) in [6.45, 7) is 2.68. The molecular formula is C13H18NO3-. The van der Waals surface area contributed by atoms with Crippen LogP contribution in [0.1, 0.15) is 26.2 Å². The smallest absolute Gasteiger partial charge is 0.224 e. The summed E-state index contributed by atoms with van der Waals surface area (Å²) in [6.07, 6.45) is 6.62. The van der Waals surface area contributed by atoms with Crippen molar-refractivity contribution in [3.63, 3.8) is 0 Å². The van der Waals surface area contributed by atoms with Crippen LogP contribution in [0.4, 0.5) is 0 Å². The molecule has 94 valence electrons. The molecule has 1 fully saturated rings. The Morgan fingerprint density at radius 1 is 1.29 bits per heavy atom. The molecule has 0 aromatic carbocycles. The van der Waals surface area contributed by atoms with Gasteiger partial charge in [-0.15, -0.1) is 0 Å². The van der Waals surface area contributed by atoms with Crippen LogP contribution >= 0.6 is 0 Å². The van der Waals surface area contributed by atoms with E-state index in [1.54, 1.807) is 0 Å². The Balaban J connectivity index is 2.01. The molecule has 1 N–H and O–H groups in total. The molecule has 1 saturated carbocycles. The van der Waals surface area contributed by atoms with Gasteiger partial charge in [-0.2, -0.15) is 0 Å². The van der Waals surface area contributed by atoms with Crippen molar-refractivity contribution in [3.8, 4) is 0 Å². The molecule has 2 aliphatic rings. The summed E-state index contributed by atoms with van der Waals surface area (Å²) in [5.74, 6) is -2.18. The number of hydrogen-bond donors (Lipinski definition) is 1. The van der Waals surface area contributed by atoms with Gasteiger partial charge in [-0.1, -0.05) is 25.5 Å². The summed E-state index contributed by atoms with van der Waals surface area (Å²) >= 11 is 0. The summed E-state index contributed by atoms with van der Waals surface area (Å²) in [4.78, 5) is 23.1. The van der Waals surface area contributed by atoms with E-state index in [4.69, 9.17) is 0 Å². The van der Waals surface area contributed by atoms with Gasteiger partial charge in [0, 0.05) is 18.4 Å². The van der Waals surface area contributed by atoms with Crippen LogP contribution in [-0.2, 0) is 9.59 Å². The second-order valence-electron chi connectivity index (χ2n) is 4.96. The Labute approximate surface area is 101 Å². The van der Waals surface area contributed by atoms with Gasteiger partial charge in [0.1, 0.15) is 0 Å². The molecule has 0 aromatic rings. The largest absolute Gasteiger partial charge is 0.550 e. The Morgan fingerprint density at radius 3 is 2.53 bits per heavy atom. The highest BCUT2D eigenvalue weighted by atomic mass is 16.4. The maximum absolute atomic E-state index is 12.0. The van der Waals surface area contributed by atoms with Crippen LogP contribution in [0.25, 0.3) is 0 Å². The van der Waals surface area contributed by atoms with E-state index in [1.165, 1.54) is 0 Å². The van der Waals surface area contributed by atoms with Crippen LogP contribution in [0.5, 0.6) is 0 Å². The highest BCUT2D eigenvalue weighted by molar-refractivity contribution is 5.86. The van der Waals surface area contributed by atoms with Crippen LogP contribution in [0.2, 0.25) is 0 Å². The number of carbonyl (C=O) groups is 2. The molecule has 17 heavy (non-hydrogen) atoms. The minimum Gasteiger partial charge on any atom is -0.550 e. The van der Waals surface area contributed by atoms with Crippen molar-refractivity contribution >= 4 is 11.9 Å². The van der Waals surface area contributed by atoms with Crippen LogP contribution in [0.15, 0.2) is 12.2 Å². The first-order valence-corrected chi connectivity index (χ1v) is 6.32. The summed E-state index contributed by atoms with van der Waals surface area (Å²) in [7, 11) is 0. The van der Waals surface area contributed by atoms with Gasteiger partial charge in [-0.05, 0) is 24.7 Å². The number of carboxylic acids is 1. The highest BCUT2D eigenvalue weighted by Gasteiger charge is 2.48. The van der Waals surface area contributed by atoms with E-state index < -0.39 is 17.8 Å². The van der Waals surface area contributed by atoms with Crippen LogP contribution < -0.4 is 10.4 Å². The first-order valence-electron chi connectivity index (χ1n) is 6.32. The number of fused-ring (bicyclic) bond motifs is 2. The lowest BCUT2D eigenvalue weighted by atomic mass is 9.82. The van der Waals surface area contributed by atoms with Gasteiger partial charge in [0.05, 0.1) is 5.92 Å². The van der Waals surface area contributed by atoms with Gasteiger partial charge in [0.2, 0.25) is 5.91 Å². The fourth-order valence-corrected chi connectivity index (χ4v) is 3.01. The van der Waals surface area contributed by atoms with Crippen molar-refractivity contribution in [3.05, 3.63) is 12.2 Å². The molecule has 2 rings (SSSR count). The minimum absolute atomic E-state index is 0.00748. The molecule has 0 saturated heterocycles. The lowest BCUT2D eigenvalue weighted by Crippen LogP contribution is -2.45. The number of nitrogens with one attached hydrogen (secondary N) is 1. The Kier molecular flexibility index (Phi) is 3.50. The van der Waals surface area contributed by atoms with Crippen LogP contribution in [0.3, 0.4) is 0 Å². The zero-order chi connectivity index (χ0) is 12.4. The monoisotopic (exact) mass is 236 g/mol. The topological polar surface area (TPSA) is 69.2 Å². The summed E-state index contributed by atoms with van der Waals surface area (Å²) in [6, 6.07) is 0. The maximum atomic E-state index is 12.0. The molecule has 0 radical (unpaired) electrons. The summed E-state index contributed by atoms with van der Waals surface area (Å²) in [5.41, 5.74) is 0. The Morgan fingerprint density at radius 2 is 1.94 bits per heavy atom. The predicted molar refractivity (Wildman–Crippen MR) is 60.6 cm³/mol. The highest BCUT2D eigenvalue weighted by Crippen LogP contribution is 2.47. The molecule has 0 spiro atoms. The maximum Gasteiger partial charge on any atom is 0.224 e. The fraction of sp³-hybridized carbons (Fsp3) is 0.692. The number of amides is 1. The quantitative estimate of drug-likeness (QED) is 0.543. The number of carbonyl (C=O) groups excluding carboxylic acids is 2. The zero-order valence-electron chi connectivity index (χ0n) is 10.0. The summed E-state index contributed by atoms with van der Waals surface area (Å²) < 4.78 is 0. The number of hydrogen-bond acceptors (Lipinski definition) is 3. The van der Waals surface area contributed by atoms with Gasteiger partial charge < -0.3 is 15.2 Å². The second-order valence-corrected chi connectivity index (χ2v) is 4.96. The third-order valence-corrected chi connectivity index (χ3v) is 3.86. The number of carboxylic acid groups (broad SMARTS) is 1.